The van der Waals surface area contributed by atoms with Crippen LogP contribution >= 0.6 is 0 Å². The molecule has 0 radical (unpaired) electrons. The SMILES string of the molecule is Cn1ncc(C(=O)NC(Cc2ccccc2)C(=O)C(N)=O)c1-c1coc2ccccc12. The van der Waals surface area contributed by atoms with E-state index in [0.29, 0.717) is 16.8 Å². The minimum atomic E-state index is -1.10. The molecule has 1 unspecified atom stereocenters. The van der Waals surface area contributed by atoms with Crippen molar-refractivity contribution in [3.63, 3.8) is 0 Å². The molecule has 0 spiro atoms. The number of aromatic nitrogens is 2. The van der Waals surface area contributed by atoms with Crippen molar-refractivity contribution >= 4 is 28.6 Å². The Morgan fingerprint density at radius 2 is 1.81 bits per heavy atom. The van der Waals surface area contributed by atoms with Crippen molar-refractivity contribution in [3.8, 4) is 11.3 Å². The van der Waals surface area contributed by atoms with Gasteiger partial charge in [0.25, 0.3) is 11.8 Å². The third-order valence-electron chi connectivity index (χ3n) is 5.07. The summed E-state index contributed by atoms with van der Waals surface area (Å²) >= 11 is 0. The van der Waals surface area contributed by atoms with Crippen molar-refractivity contribution in [2.45, 2.75) is 12.5 Å². The number of nitrogens with one attached hydrogen (secondary N) is 1. The van der Waals surface area contributed by atoms with Crippen molar-refractivity contribution in [3.05, 3.63) is 78.2 Å². The van der Waals surface area contributed by atoms with Gasteiger partial charge in [-0.3, -0.25) is 19.1 Å². The summed E-state index contributed by atoms with van der Waals surface area (Å²) in [6.07, 6.45) is 3.12. The predicted octanol–water partition coefficient (Wildman–Crippen LogP) is 2.23. The van der Waals surface area contributed by atoms with E-state index in [4.69, 9.17) is 10.2 Å². The second-order valence-corrected chi connectivity index (χ2v) is 7.12. The molecule has 0 saturated heterocycles. The van der Waals surface area contributed by atoms with Crippen LogP contribution in [0.4, 0.5) is 0 Å². The van der Waals surface area contributed by atoms with Crippen molar-refractivity contribution < 1.29 is 18.8 Å². The van der Waals surface area contributed by atoms with Gasteiger partial charge in [0.05, 0.1) is 17.5 Å². The highest BCUT2D eigenvalue weighted by atomic mass is 16.3. The van der Waals surface area contributed by atoms with E-state index in [1.54, 1.807) is 30.1 Å². The molecule has 8 nitrogen and oxygen atoms in total. The Kier molecular flexibility index (Phi) is 5.36. The largest absolute Gasteiger partial charge is 0.464 e. The first-order valence-electron chi connectivity index (χ1n) is 9.62. The predicted molar refractivity (Wildman–Crippen MR) is 114 cm³/mol. The fourth-order valence-corrected chi connectivity index (χ4v) is 3.55. The summed E-state index contributed by atoms with van der Waals surface area (Å²) in [4.78, 5) is 37.1. The van der Waals surface area contributed by atoms with E-state index in [9.17, 15) is 14.4 Å². The Bertz CT molecular complexity index is 1270. The van der Waals surface area contributed by atoms with Gasteiger partial charge in [-0.05, 0) is 11.6 Å². The topological polar surface area (TPSA) is 120 Å². The smallest absolute Gasteiger partial charge is 0.287 e. The fourth-order valence-electron chi connectivity index (χ4n) is 3.55. The molecule has 156 valence electrons. The number of furan rings is 1. The second-order valence-electron chi connectivity index (χ2n) is 7.12. The zero-order valence-electron chi connectivity index (χ0n) is 16.7. The molecule has 2 aromatic heterocycles. The highest BCUT2D eigenvalue weighted by Crippen LogP contribution is 2.32. The number of Topliss-reactive ketones (excluding diaryl/α,β-unsaturated/α-hetero) is 1. The van der Waals surface area contributed by atoms with Gasteiger partial charge in [-0.1, -0.05) is 48.5 Å². The van der Waals surface area contributed by atoms with Gasteiger partial charge in [-0.25, -0.2) is 0 Å². The van der Waals surface area contributed by atoms with Crippen LogP contribution in [0, 0.1) is 0 Å². The van der Waals surface area contributed by atoms with E-state index in [2.05, 4.69) is 10.4 Å². The molecule has 2 heterocycles. The van der Waals surface area contributed by atoms with E-state index < -0.39 is 23.6 Å². The van der Waals surface area contributed by atoms with Gasteiger partial charge in [0.15, 0.2) is 0 Å². The molecule has 8 heteroatoms. The number of carbonyl (C=O) groups is 3. The molecule has 0 saturated carbocycles. The summed E-state index contributed by atoms with van der Waals surface area (Å²) in [6, 6.07) is 15.4. The number of para-hydroxylation sites is 1. The molecule has 0 fully saturated rings. The Balaban J connectivity index is 1.67. The third-order valence-corrected chi connectivity index (χ3v) is 5.07. The molecule has 0 aliphatic rings. The lowest BCUT2D eigenvalue weighted by Crippen LogP contribution is -2.47. The molecule has 4 aromatic rings. The van der Waals surface area contributed by atoms with Crippen LogP contribution in [-0.4, -0.2) is 33.4 Å². The van der Waals surface area contributed by atoms with Crippen LogP contribution in [0.25, 0.3) is 22.2 Å². The molecular formula is C23H20N4O4. The average molecular weight is 416 g/mol. The van der Waals surface area contributed by atoms with E-state index in [1.807, 2.05) is 42.5 Å². The molecule has 0 bridgehead atoms. The van der Waals surface area contributed by atoms with Gasteiger partial charge in [-0.2, -0.15) is 5.10 Å². The highest BCUT2D eigenvalue weighted by molar-refractivity contribution is 6.38. The van der Waals surface area contributed by atoms with Crippen LogP contribution in [0.15, 0.2) is 71.5 Å². The first kappa shape index (κ1) is 20.1. The van der Waals surface area contributed by atoms with Gasteiger partial charge in [0.1, 0.15) is 17.9 Å². The Hall–Kier alpha value is -4.20. The molecule has 31 heavy (non-hydrogen) atoms. The molecular weight excluding hydrogens is 396 g/mol. The Labute approximate surface area is 177 Å². The van der Waals surface area contributed by atoms with Gasteiger partial charge in [0.2, 0.25) is 5.78 Å². The number of carbonyl (C=O) groups excluding carboxylic acids is 3. The van der Waals surface area contributed by atoms with Crippen LogP contribution in [-0.2, 0) is 23.1 Å². The van der Waals surface area contributed by atoms with E-state index in [-0.39, 0.29) is 12.0 Å². The first-order chi connectivity index (χ1) is 15.0. The maximum atomic E-state index is 13.1. The minimum absolute atomic E-state index is 0.137. The number of rotatable bonds is 7. The van der Waals surface area contributed by atoms with Crippen LogP contribution in [0.5, 0.6) is 0 Å². The van der Waals surface area contributed by atoms with Gasteiger partial charge in [0, 0.05) is 24.4 Å². The van der Waals surface area contributed by atoms with E-state index >= 15 is 0 Å². The second kappa shape index (κ2) is 8.27. The first-order valence-corrected chi connectivity index (χ1v) is 9.62. The van der Waals surface area contributed by atoms with Gasteiger partial charge < -0.3 is 15.5 Å². The number of primary amides is 1. The normalized spacial score (nSPS) is 11.9. The zero-order chi connectivity index (χ0) is 22.0. The average Bonchev–Trinajstić information content (AvgIpc) is 3.36. The van der Waals surface area contributed by atoms with Crippen molar-refractivity contribution in [1.82, 2.24) is 15.1 Å². The number of aryl methyl sites for hydroxylation is 1. The van der Waals surface area contributed by atoms with Crippen molar-refractivity contribution in [1.29, 1.82) is 0 Å². The zero-order valence-corrected chi connectivity index (χ0v) is 16.7. The number of amides is 2. The van der Waals surface area contributed by atoms with Crippen LogP contribution in [0.2, 0.25) is 0 Å². The molecule has 0 aliphatic heterocycles. The summed E-state index contributed by atoms with van der Waals surface area (Å²) in [6.45, 7) is 0. The summed E-state index contributed by atoms with van der Waals surface area (Å²) < 4.78 is 7.17. The minimum Gasteiger partial charge on any atom is -0.464 e. The molecule has 2 aromatic carbocycles. The molecule has 4 rings (SSSR count). The third kappa shape index (κ3) is 3.95. The van der Waals surface area contributed by atoms with E-state index in [1.165, 1.54) is 6.20 Å². The number of nitrogens with two attached hydrogens (primary N) is 1. The van der Waals surface area contributed by atoms with Crippen LogP contribution in [0.3, 0.4) is 0 Å². The van der Waals surface area contributed by atoms with Crippen LogP contribution in [0.1, 0.15) is 15.9 Å². The number of benzene rings is 2. The molecule has 2 amide bonds. The number of fused-ring (bicyclic) bond motifs is 1. The number of hydrogen-bond acceptors (Lipinski definition) is 5. The van der Waals surface area contributed by atoms with E-state index in [0.717, 1.165) is 10.9 Å². The summed E-state index contributed by atoms with van der Waals surface area (Å²) in [5.74, 6) is -2.51. The highest BCUT2D eigenvalue weighted by Gasteiger charge is 2.28. The van der Waals surface area contributed by atoms with Gasteiger partial charge >= 0.3 is 0 Å². The monoisotopic (exact) mass is 416 g/mol. The fraction of sp³-hybridized carbons (Fsp3) is 0.130. The quantitative estimate of drug-likeness (QED) is 0.448. The summed E-state index contributed by atoms with van der Waals surface area (Å²) in [7, 11) is 1.71. The summed E-state index contributed by atoms with van der Waals surface area (Å²) in [5, 5.41) is 7.69. The lowest BCUT2D eigenvalue weighted by Gasteiger charge is -2.16. The summed E-state index contributed by atoms with van der Waals surface area (Å²) in [5.41, 5.74) is 8.16. The van der Waals surface area contributed by atoms with Crippen molar-refractivity contribution in [2.24, 2.45) is 12.8 Å². The lowest BCUT2D eigenvalue weighted by molar-refractivity contribution is -0.137. The van der Waals surface area contributed by atoms with Crippen LogP contribution < -0.4 is 11.1 Å². The standard InChI is InChI=1S/C23H20N4O4/c1-27-20(17-13-31-19-10-6-5-9-15(17)19)16(12-25-27)23(30)26-18(21(28)22(24)29)11-14-7-3-2-4-8-14/h2-10,12-13,18H,11H2,1H3,(H2,24,29)(H,26,30). The Morgan fingerprint density at radius 1 is 1.10 bits per heavy atom. The molecule has 0 aliphatic carbocycles. The molecule has 1 atom stereocenters. The number of nitrogens with zero attached hydrogens (tertiary/aromatic N) is 2. The Morgan fingerprint density at radius 3 is 2.55 bits per heavy atom. The number of hydrogen-bond donors (Lipinski definition) is 2. The lowest BCUT2D eigenvalue weighted by atomic mass is 10.0. The maximum Gasteiger partial charge on any atom is 0.287 e. The van der Waals surface area contributed by atoms with Gasteiger partial charge in [-0.15, -0.1) is 0 Å². The molecule has 3 N–H and O–H groups in total. The van der Waals surface area contributed by atoms with Crippen molar-refractivity contribution in [2.75, 3.05) is 0 Å². The number of ketones is 1. The maximum absolute atomic E-state index is 13.1.